The summed E-state index contributed by atoms with van der Waals surface area (Å²) in [6, 6.07) is 11.4. The third-order valence-corrected chi connectivity index (χ3v) is 5.77. The van der Waals surface area contributed by atoms with Crippen LogP contribution in [-0.4, -0.2) is 0 Å². The first-order chi connectivity index (χ1) is 8.19. The Bertz CT molecular complexity index is 713. The molecule has 0 bridgehead atoms. The molecule has 0 amide bonds. The fourth-order valence-corrected chi connectivity index (χ4v) is 5.02. The molecule has 3 aromatic rings. The van der Waals surface area contributed by atoms with E-state index in [1.54, 1.807) is 0 Å². The van der Waals surface area contributed by atoms with Crippen molar-refractivity contribution in [1.82, 2.24) is 0 Å². The van der Waals surface area contributed by atoms with Gasteiger partial charge in [-0.1, -0.05) is 13.0 Å². The van der Waals surface area contributed by atoms with Gasteiger partial charge in [-0.05, 0) is 81.4 Å². The molecular weight excluding hydrogens is 454 g/mol. The van der Waals surface area contributed by atoms with Gasteiger partial charge in [0.2, 0.25) is 0 Å². The molecule has 0 N–H and O–H groups in total. The van der Waals surface area contributed by atoms with Crippen LogP contribution in [0.2, 0.25) is 0 Å². The molecule has 1 heterocycles. The number of aryl methyl sites for hydroxylation is 1. The SMILES string of the molecule is CCc1cc2c(cc1I)sc1cc(I)ccc12. The predicted molar refractivity (Wildman–Crippen MR) is 94.1 cm³/mol. The molecule has 0 saturated carbocycles. The van der Waals surface area contributed by atoms with Gasteiger partial charge in [0, 0.05) is 27.3 Å². The van der Waals surface area contributed by atoms with Crippen molar-refractivity contribution in [3.63, 3.8) is 0 Å². The molecule has 2 aromatic carbocycles. The monoisotopic (exact) mass is 464 g/mol. The Morgan fingerprint density at radius 3 is 2.53 bits per heavy atom. The van der Waals surface area contributed by atoms with Gasteiger partial charge in [0.05, 0.1) is 0 Å². The summed E-state index contributed by atoms with van der Waals surface area (Å²) < 4.78 is 5.51. The molecule has 0 nitrogen and oxygen atoms in total. The molecule has 17 heavy (non-hydrogen) atoms. The Morgan fingerprint density at radius 2 is 1.76 bits per heavy atom. The second-order valence-corrected chi connectivity index (χ2v) is 7.53. The maximum Gasteiger partial charge on any atom is 0.0366 e. The molecule has 0 unspecified atom stereocenters. The van der Waals surface area contributed by atoms with Crippen molar-refractivity contribution >= 4 is 76.7 Å². The van der Waals surface area contributed by atoms with E-state index in [1.807, 2.05) is 11.3 Å². The van der Waals surface area contributed by atoms with E-state index in [1.165, 1.54) is 32.9 Å². The largest absolute Gasteiger partial charge is 0.135 e. The van der Waals surface area contributed by atoms with Gasteiger partial charge in [0.15, 0.2) is 0 Å². The second kappa shape index (κ2) is 4.66. The Kier molecular flexibility index (Phi) is 3.34. The van der Waals surface area contributed by atoms with E-state index in [0.717, 1.165) is 6.42 Å². The van der Waals surface area contributed by atoms with Crippen LogP contribution in [0.3, 0.4) is 0 Å². The highest BCUT2D eigenvalue weighted by atomic mass is 127. The summed E-state index contributed by atoms with van der Waals surface area (Å²) in [7, 11) is 0. The van der Waals surface area contributed by atoms with Crippen LogP contribution in [-0.2, 0) is 6.42 Å². The van der Waals surface area contributed by atoms with Crippen LogP contribution < -0.4 is 0 Å². The zero-order chi connectivity index (χ0) is 12.0. The number of hydrogen-bond donors (Lipinski definition) is 0. The molecule has 0 atom stereocenters. The molecule has 0 spiro atoms. The number of hydrogen-bond acceptors (Lipinski definition) is 1. The molecule has 0 saturated heterocycles. The lowest BCUT2D eigenvalue weighted by molar-refractivity contribution is 1.13. The van der Waals surface area contributed by atoms with Gasteiger partial charge in [0.25, 0.3) is 0 Å². The van der Waals surface area contributed by atoms with Crippen LogP contribution in [0.4, 0.5) is 0 Å². The topological polar surface area (TPSA) is 0 Å². The first-order valence-corrected chi connectivity index (χ1v) is 8.46. The highest BCUT2D eigenvalue weighted by Crippen LogP contribution is 2.36. The molecule has 0 aliphatic heterocycles. The van der Waals surface area contributed by atoms with Crippen molar-refractivity contribution in [2.75, 3.05) is 0 Å². The lowest BCUT2D eigenvalue weighted by Gasteiger charge is -2.01. The second-order valence-electron chi connectivity index (χ2n) is 4.04. The van der Waals surface area contributed by atoms with Crippen molar-refractivity contribution in [2.24, 2.45) is 0 Å². The van der Waals surface area contributed by atoms with Gasteiger partial charge >= 0.3 is 0 Å². The summed E-state index contributed by atoms with van der Waals surface area (Å²) in [6.07, 6.45) is 1.11. The third kappa shape index (κ3) is 2.10. The van der Waals surface area contributed by atoms with E-state index in [9.17, 15) is 0 Å². The normalized spacial score (nSPS) is 11.5. The average Bonchev–Trinajstić information content (AvgIpc) is 2.63. The Hall–Kier alpha value is 0.120. The van der Waals surface area contributed by atoms with E-state index in [2.05, 4.69) is 82.4 Å². The minimum absolute atomic E-state index is 1.11. The van der Waals surface area contributed by atoms with Crippen LogP contribution in [0.5, 0.6) is 0 Å². The summed E-state index contributed by atoms with van der Waals surface area (Å²) in [4.78, 5) is 0. The summed E-state index contributed by atoms with van der Waals surface area (Å²) in [6.45, 7) is 2.22. The van der Waals surface area contributed by atoms with Crippen molar-refractivity contribution < 1.29 is 0 Å². The highest BCUT2D eigenvalue weighted by molar-refractivity contribution is 14.1. The summed E-state index contributed by atoms with van der Waals surface area (Å²) in [5.74, 6) is 0. The zero-order valence-corrected chi connectivity index (χ0v) is 14.4. The van der Waals surface area contributed by atoms with Crippen molar-refractivity contribution in [3.8, 4) is 0 Å². The fourth-order valence-electron chi connectivity index (χ4n) is 2.09. The first kappa shape index (κ1) is 12.2. The van der Waals surface area contributed by atoms with Gasteiger partial charge in [0.1, 0.15) is 0 Å². The quantitative estimate of drug-likeness (QED) is 0.398. The zero-order valence-electron chi connectivity index (χ0n) is 9.26. The molecular formula is C14H10I2S. The predicted octanol–water partition coefficient (Wildman–Crippen LogP) is 5.83. The van der Waals surface area contributed by atoms with Crippen LogP contribution in [0.1, 0.15) is 12.5 Å². The van der Waals surface area contributed by atoms with Gasteiger partial charge in [-0.2, -0.15) is 0 Å². The third-order valence-electron chi connectivity index (χ3n) is 2.98. The lowest BCUT2D eigenvalue weighted by Crippen LogP contribution is -1.84. The fraction of sp³-hybridized carbons (Fsp3) is 0.143. The van der Waals surface area contributed by atoms with Crippen LogP contribution >= 0.6 is 56.5 Å². The summed E-state index contributed by atoms with van der Waals surface area (Å²) >= 11 is 6.72. The standard InChI is InChI=1S/C14H10I2S/c1-2-8-5-11-10-4-3-9(15)6-13(10)17-14(11)7-12(8)16/h3-7H,2H2,1H3. The Morgan fingerprint density at radius 1 is 1.00 bits per heavy atom. The maximum atomic E-state index is 2.45. The molecule has 3 heteroatoms. The molecule has 3 rings (SSSR count). The van der Waals surface area contributed by atoms with Gasteiger partial charge in [-0.15, -0.1) is 11.3 Å². The van der Waals surface area contributed by atoms with Crippen molar-refractivity contribution in [3.05, 3.63) is 43.0 Å². The summed E-state index contributed by atoms with van der Waals surface area (Å²) in [5.41, 5.74) is 1.45. The van der Waals surface area contributed by atoms with Crippen molar-refractivity contribution in [1.29, 1.82) is 0 Å². The highest BCUT2D eigenvalue weighted by Gasteiger charge is 2.08. The van der Waals surface area contributed by atoms with Crippen LogP contribution in [0.15, 0.2) is 30.3 Å². The van der Waals surface area contributed by atoms with E-state index < -0.39 is 0 Å². The van der Waals surface area contributed by atoms with E-state index >= 15 is 0 Å². The Labute approximate surface area is 132 Å². The van der Waals surface area contributed by atoms with Crippen LogP contribution in [0, 0.1) is 7.14 Å². The first-order valence-electron chi connectivity index (χ1n) is 5.49. The van der Waals surface area contributed by atoms with Crippen LogP contribution in [0.25, 0.3) is 20.2 Å². The van der Waals surface area contributed by atoms with E-state index in [4.69, 9.17) is 0 Å². The lowest BCUT2D eigenvalue weighted by atomic mass is 10.1. The number of fused-ring (bicyclic) bond motifs is 3. The van der Waals surface area contributed by atoms with E-state index in [-0.39, 0.29) is 0 Å². The number of rotatable bonds is 1. The number of benzene rings is 2. The Balaban J connectivity index is 2.44. The van der Waals surface area contributed by atoms with Gasteiger partial charge in [-0.3, -0.25) is 0 Å². The van der Waals surface area contributed by atoms with Gasteiger partial charge < -0.3 is 0 Å². The molecule has 0 radical (unpaired) electrons. The molecule has 0 aliphatic rings. The average molecular weight is 464 g/mol. The van der Waals surface area contributed by atoms with Gasteiger partial charge in [-0.25, -0.2) is 0 Å². The summed E-state index contributed by atoms with van der Waals surface area (Å²) in [5, 5.41) is 2.81. The molecule has 1 aromatic heterocycles. The smallest absolute Gasteiger partial charge is 0.0366 e. The minimum Gasteiger partial charge on any atom is -0.135 e. The van der Waals surface area contributed by atoms with Crippen molar-refractivity contribution in [2.45, 2.75) is 13.3 Å². The molecule has 86 valence electrons. The van der Waals surface area contributed by atoms with E-state index in [0.29, 0.717) is 0 Å². The molecule has 0 aliphatic carbocycles. The number of thiophene rings is 1. The molecule has 0 fully saturated rings. The maximum absolute atomic E-state index is 2.45. The minimum atomic E-state index is 1.11. The number of halogens is 2.